The van der Waals surface area contributed by atoms with Crippen molar-refractivity contribution in [2.75, 3.05) is 12.4 Å². The molecule has 0 radical (unpaired) electrons. The van der Waals surface area contributed by atoms with Crippen LogP contribution in [0.15, 0.2) is 41.0 Å². The minimum atomic E-state index is -0.434. The molecule has 1 unspecified atom stereocenters. The fourth-order valence-corrected chi connectivity index (χ4v) is 1.94. The van der Waals surface area contributed by atoms with Gasteiger partial charge in [0.05, 0.1) is 25.0 Å². The second kappa shape index (κ2) is 5.80. The highest BCUT2D eigenvalue weighted by Crippen LogP contribution is 2.26. The molecule has 2 rings (SSSR count). The van der Waals surface area contributed by atoms with Gasteiger partial charge in [-0.1, -0.05) is 11.6 Å². The second-order valence-corrected chi connectivity index (χ2v) is 4.50. The number of methoxy groups -OCH3 is 1. The van der Waals surface area contributed by atoms with Crippen molar-refractivity contribution < 1.29 is 13.9 Å². The molecule has 2 aromatic rings. The lowest BCUT2D eigenvalue weighted by molar-refractivity contribution is 0.0602. The summed E-state index contributed by atoms with van der Waals surface area (Å²) in [7, 11) is 1.34. The Morgan fingerprint density at radius 3 is 2.84 bits per heavy atom. The maximum Gasteiger partial charge on any atom is 0.340 e. The summed E-state index contributed by atoms with van der Waals surface area (Å²) in [4.78, 5) is 11.7. The number of hydrogen-bond acceptors (Lipinski definition) is 4. The number of ether oxygens (including phenoxy) is 1. The molecule has 0 spiro atoms. The third-order valence-electron chi connectivity index (χ3n) is 2.73. The number of rotatable bonds is 4. The van der Waals surface area contributed by atoms with Crippen LogP contribution >= 0.6 is 11.6 Å². The van der Waals surface area contributed by atoms with E-state index in [4.69, 9.17) is 20.8 Å². The molecule has 5 heteroatoms. The maximum atomic E-state index is 11.7. The van der Waals surface area contributed by atoms with Gasteiger partial charge >= 0.3 is 5.97 Å². The van der Waals surface area contributed by atoms with Crippen molar-refractivity contribution in [3.05, 3.63) is 52.9 Å². The van der Waals surface area contributed by atoms with E-state index in [2.05, 4.69) is 5.32 Å². The van der Waals surface area contributed by atoms with E-state index in [0.717, 1.165) is 5.76 Å². The Labute approximate surface area is 116 Å². The monoisotopic (exact) mass is 279 g/mol. The van der Waals surface area contributed by atoms with Crippen LogP contribution in [-0.2, 0) is 4.74 Å². The molecule has 0 fully saturated rings. The van der Waals surface area contributed by atoms with E-state index in [1.807, 2.05) is 19.1 Å². The maximum absolute atomic E-state index is 11.7. The van der Waals surface area contributed by atoms with Gasteiger partial charge < -0.3 is 14.5 Å². The molecule has 1 aromatic carbocycles. The SMILES string of the molecule is COC(=O)c1cc(Cl)ccc1NC(C)c1ccco1. The molecule has 0 saturated carbocycles. The van der Waals surface area contributed by atoms with E-state index in [1.54, 1.807) is 24.5 Å². The predicted molar refractivity (Wildman–Crippen MR) is 73.5 cm³/mol. The van der Waals surface area contributed by atoms with Crippen molar-refractivity contribution in [3.8, 4) is 0 Å². The van der Waals surface area contributed by atoms with Gasteiger partial charge in [0.25, 0.3) is 0 Å². The van der Waals surface area contributed by atoms with E-state index >= 15 is 0 Å². The lowest BCUT2D eigenvalue weighted by atomic mass is 10.1. The van der Waals surface area contributed by atoms with E-state index in [1.165, 1.54) is 7.11 Å². The van der Waals surface area contributed by atoms with E-state index in [-0.39, 0.29) is 6.04 Å². The topological polar surface area (TPSA) is 51.5 Å². The fraction of sp³-hybridized carbons (Fsp3) is 0.214. The van der Waals surface area contributed by atoms with E-state index in [0.29, 0.717) is 16.3 Å². The summed E-state index contributed by atoms with van der Waals surface area (Å²) < 4.78 is 10.1. The zero-order valence-corrected chi connectivity index (χ0v) is 11.4. The first-order valence-electron chi connectivity index (χ1n) is 5.79. The zero-order valence-electron chi connectivity index (χ0n) is 10.6. The van der Waals surface area contributed by atoms with Crippen molar-refractivity contribution in [2.45, 2.75) is 13.0 Å². The number of halogens is 1. The van der Waals surface area contributed by atoms with Crippen LogP contribution in [0.1, 0.15) is 29.1 Å². The van der Waals surface area contributed by atoms with Gasteiger partial charge in [-0.25, -0.2) is 4.79 Å². The minimum Gasteiger partial charge on any atom is -0.467 e. The normalized spacial score (nSPS) is 11.9. The molecule has 1 N–H and O–H groups in total. The quantitative estimate of drug-likeness (QED) is 0.863. The Morgan fingerprint density at radius 2 is 2.21 bits per heavy atom. The Kier molecular flexibility index (Phi) is 4.12. The number of carbonyl (C=O) groups excluding carboxylic acids is 1. The number of hydrogen-bond donors (Lipinski definition) is 1. The Bertz CT molecular complexity index is 566. The molecule has 0 bridgehead atoms. The average Bonchev–Trinajstić information content (AvgIpc) is 2.94. The summed E-state index contributed by atoms with van der Waals surface area (Å²) in [6.07, 6.45) is 1.61. The Morgan fingerprint density at radius 1 is 1.42 bits per heavy atom. The van der Waals surface area contributed by atoms with Gasteiger partial charge in [0.2, 0.25) is 0 Å². The van der Waals surface area contributed by atoms with Crippen LogP contribution in [0.4, 0.5) is 5.69 Å². The highest BCUT2D eigenvalue weighted by Gasteiger charge is 2.15. The fourth-order valence-electron chi connectivity index (χ4n) is 1.76. The molecule has 1 heterocycles. The van der Waals surface area contributed by atoms with Crippen LogP contribution in [0.3, 0.4) is 0 Å². The third kappa shape index (κ3) is 3.09. The average molecular weight is 280 g/mol. The lowest BCUT2D eigenvalue weighted by Gasteiger charge is -2.15. The molecule has 1 atom stereocenters. The molecule has 1 aromatic heterocycles. The van der Waals surface area contributed by atoms with Crippen molar-refractivity contribution in [1.82, 2.24) is 0 Å². The first kappa shape index (κ1) is 13.5. The third-order valence-corrected chi connectivity index (χ3v) is 2.96. The largest absolute Gasteiger partial charge is 0.467 e. The van der Waals surface area contributed by atoms with Gasteiger partial charge in [0, 0.05) is 10.7 Å². The van der Waals surface area contributed by atoms with Crippen LogP contribution in [0.5, 0.6) is 0 Å². The minimum absolute atomic E-state index is 0.0698. The Hall–Kier alpha value is -1.94. The van der Waals surface area contributed by atoms with Gasteiger partial charge in [-0.05, 0) is 37.3 Å². The second-order valence-electron chi connectivity index (χ2n) is 4.06. The summed E-state index contributed by atoms with van der Waals surface area (Å²) in [5, 5.41) is 3.69. The van der Waals surface area contributed by atoms with Crippen molar-refractivity contribution in [3.63, 3.8) is 0 Å². The highest BCUT2D eigenvalue weighted by molar-refractivity contribution is 6.31. The van der Waals surface area contributed by atoms with Gasteiger partial charge in [-0.2, -0.15) is 0 Å². The molecular formula is C14H14ClNO3. The van der Waals surface area contributed by atoms with E-state index < -0.39 is 5.97 Å². The van der Waals surface area contributed by atoms with Crippen LogP contribution in [0.2, 0.25) is 5.02 Å². The molecule has 0 aliphatic carbocycles. The highest BCUT2D eigenvalue weighted by atomic mass is 35.5. The van der Waals surface area contributed by atoms with Crippen molar-refractivity contribution in [1.29, 1.82) is 0 Å². The van der Waals surface area contributed by atoms with Crippen LogP contribution in [0.25, 0.3) is 0 Å². The van der Waals surface area contributed by atoms with Gasteiger partial charge in [-0.15, -0.1) is 0 Å². The molecule has 0 aliphatic rings. The standard InChI is InChI=1S/C14H14ClNO3/c1-9(13-4-3-7-19-13)16-12-6-5-10(15)8-11(12)14(17)18-2/h3-9,16H,1-2H3. The molecule has 0 saturated heterocycles. The zero-order chi connectivity index (χ0) is 13.8. The van der Waals surface area contributed by atoms with E-state index in [9.17, 15) is 4.79 Å². The first-order valence-corrected chi connectivity index (χ1v) is 6.17. The first-order chi connectivity index (χ1) is 9.11. The number of esters is 1. The van der Waals surface area contributed by atoms with Crippen molar-refractivity contribution >= 4 is 23.3 Å². The van der Waals surface area contributed by atoms with Gasteiger partial charge in [0.1, 0.15) is 5.76 Å². The summed E-state index contributed by atoms with van der Waals surface area (Å²) in [6.45, 7) is 1.94. The molecule has 0 amide bonds. The number of furan rings is 1. The van der Waals surface area contributed by atoms with Crippen LogP contribution in [0, 0.1) is 0 Å². The predicted octanol–water partition coefficient (Wildman–Crippen LogP) is 3.89. The lowest BCUT2D eigenvalue weighted by Crippen LogP contribution is -2.11. The number of benzene rings is 1. The molecular weight excluding hydrogens is 266 g/mol. The summed E-state index contributed by atoms with van der Waals surface area (Å²) >= 11 is 5.90. The van der Waals surface area contributed by atoms with Crippen LogP contribution in [-0.4, -0.2) is 13.1 Å². The molecule has 0 aliphatic heterocycles. The summed E-state index contributed by atoms with van der Waals surface area (Å²) in [5.74, 6) is 0.349. The molecule has 100 valence electrons. The number of carbonyl (C=O) groups is 1. The van der Waals surface area contributed by atoms with Crippen LogP contribution < -0.4 is 5.32 Å². The summed E-state index contributed by atoms with van der Waals surface area (Å²) in [5.41, 5.74) is 1.05. The number of nitrogens with one attached hydrogen (secondary N) is 1. The van der Waals surface area contributed by atoms with Gasteiger partial charge in [-0.3, -0.25) is 0 Å². The molecule has 19 heavy (non-hydrogen) atoms. The summed E-state index contributed by atoms with van der Waals surface area (Å²) in [6, 6.07) is 8.64. The van der Waals surface area contributed by atoms with Crippen molar-refractivity contribution in [2.24, 2.45) is 0 Å². The smallest absolute Gasteiger partial charge is 0.340 e. The Balaban J connectivity index is 2.27. The van der Waals surface area contributed by atoms with Gasteiger partial charge in [0.15, 0.2) is 0 Å². The number of anilines is 1. The molecule has 4 nitrogen and oxygen atoms in total.